The Balaban J connectivity index is 1.60. The zero-order valence-electron chi connectivity index (χ0n) is 16.5. The molecule has 0 aliphatic carbocycles. The Morgan fingerprint density at radius 3 is 2.59 bits per heavy atom. The fourth-order valence-corrected chi connectivity index (χ4v) is 3.46. The number of aromatic nitrogens is 3. The number of aromatic amines is 1. The molecule has 29 heavy (non-hydrogen) atoms. The first kappa shape index (κ1) is 20.8. The van der Waals surface area contributed by atoms with Crippen LogP contribution in [0.4, 0.5) is 4.79 Å². The van der Waals surface area contributed by atoms with Crippen LogP contribution in [0.2, 0.25) is 0 Å². The van der Waals surface area contributed by atoms with Crippen LogP contribution in [0.25, 0.3) is 11.4 Å². The van der Waals surface area contributed by atoms with Crippen LogP contribution in [-0.4, -0.2) is 64.5 Å². The lowest BCUT2D eigenvalue weighted by molar-refractivity contribution is -0.122. The maximum Gasteiger partial charge on any atom is 0.409 e. The van der Waals surface area contributed by atoms with Crippen LogP contribution in [-0.2, 0) is 16.1 Å². The number of H-pyrrole nitrogens is 1. The zero-order valence-corrected chi connectivity index (χ0v) is 17.3. The average Bonchev–Trinajstić information content (AvgIpc) is 3.09. The molecule has 2 amide bonds. The molecule has 0 spiro atoms. The van der Waals surface area contributed by atoms with Crippen LogP contribution in [0.5, 0.6) is 5.75 Å². The van der Waals surface area contributed by atoms with Crippen molar-refractivity contribution in [2.75, 3.05) is 26.8 Å². The van der Waals surface area contributed by atoms with E-state index < -0.39 is 0 Å². The van der Waals surface area contributed by atoms with Gasteiger partial charge in [0, 0.05) is 24.7 Å². The number of hydrogen-bond acceptors (Lipinski definition) is 6. The van der Waals surface area contributed by atoms with Crippen molar-refractivity contribution in [3.8, 4) is 17.1 Å². The van der Waals surface area contributed by atoms with E-state index in [0.717, 1.165) is 11.3 Å². The van der Waals surface area contributed by atoms with Crippen molar-refractivity contribution in [1.82, 2.24) is 25.0 Å². The molecule has 3 rings (SSSR count). The van der Waals surface area contributed by atoms with E-state index in [4.69, 9.17) is 21.7 Å². The third kappa shape index (κ3) is 5.14. The minimum atomic E-state index is -0.300. The Labute approximate surface area is 174 Å². The van der Waals surface area contributed by atoms with Gasteiger partial charge in [-0.05, 0) is 56.2 Å². The van der Waals surface area contributed by atoms with Gasteiger partial charge in [-0.1, -0.05) is 0 Å². The number of benzene rings is 1. The normalized spacial score (nSPS) is 14.5. The lowest BCUT2D eigenvalue weighted by Gasteiger charge is -2.31. The third-order valence-electron chi connectivity index (χ3n) is 4.79. The van der Waals surface area contributed by atoms with Crippen LogP contribution in [0, 0.1) is 4.77 Å². The first-order chi connectivity index (χ1) is 14.0. The average molecular weight is 420 g/mol. The third-order valence-corrected chi connectivity index (χ3v) is 5.11. The SMILES string of the molecule is CCOC(=O)N1CCC(NC(=O)Cn2c(-c3ccc(OC)cc3)n[nH]c2=S)CC1. The lowest BCUT2D eigenvalue weighted by Crippen LogP contribution is -2.47. The molecule has 1 aliphatic rings. The highest BCUT2D eigenvalue weighted by Gasteiger charge is 2.25. The molecule has 2 aromatic rings. The van der Waals surface area contributed by atoms with Gasteiger partial charge in [0.05, 0.1) is 13.7 Å². The summed E-state index contributed by atoms with van der Waals surface area (Å²) in [5.74, 6) is 1.18. The van der Waals surface area contributed by atoms with E-state index in [1.54, 1.807) is 23.5 Å². The van der Waals surface area contributed by atoms with Crippen molar-refractivity contribution in [1.29, 1.82) is 0 Å². The lowest BCUT2D eigenvalue weighted by atomic mass is 10.1. The number of nitrogens with zero attached hydrogens (tertiary/aromatic N) is 3. The molecule has 0 unspecified atom stereocenters. The Kier molecular flexibility index (Phi) is 6.86. The number of hydrogen-bond donors (Lipinski definition) is 2. The molecular formula is C19H25N5O4S. The first-order valence-corrected chi connectivity index (χ1v) is 9.93. The van der Waals surface area contributed by atoms with Crippen molar-refractivity contribution in [3.05, 3.63) is 29.0 Å². The molecule has 1 aromatic carbocycles. The largest absolute Gasteiger partial charge is 0.497 e. The van der Waals surface area contributed by atoms with Crippen molar-refractivity contribution in [2.24, 2.45) is 0 Å². The molecule has 0 radical (unpaired) electrons. The van der Waals surface area contributed by atoms with Gasteiger partial charge in [-0.15, -0.1) is 0 Å². The topological polar surface area (TPSA) is 101 Å². The number of carbonyl (C=O) groups is 2. The number of nitrogens with one attached hydrogen (secondary N) is 2. The molecule has 1 aliphatic heterocycles. The quantitative estimate of drug-likeness (QED) is 0.697. The van der Waals surface area contributed by atoms with E-state index in [2.05, 4.69) is 15.5 Å². The number of likely N-dealkylation sites (tertiary alicyclic amines) is 1. The Morgan fingerprint density at radius 1 is 1.28 bits per heavy atom. The highest BCUT2D eigenvalue weighted by molar-refractivity contribution is 7.71. The summed E-state index contributed by atoms with van der Waals surface area (Å²) in [6.45, 7) is 3.33. The molecule has 1 fully saturated rings. The van der Waals surface area contributed by atoms with E-state index in [-0.39, 0.29) is 24.6 Å². The van der Waals surface area contributed by atoms with Crippen LogP contribution in [0.3, 0.4) is 0 Å². The van der Waals surface area contributed by atoms with Crippen molar-refractivity contribution in [2.45, 2.75) is 32.4 Å². The van der Waals surface area contributed by atoms with Gasteiger partial charge in [-0.3, -0.25) is 14.5 Å². The van der Waals surface area contributed by atoms with Crippen molar-refractivity contribution in [3.63, 3.8) is 0 Å². The second-order valence-corrected chi connectivity index (χ2v) is 7.08. The smallest absolute Gasteiger partial charge is 0.409 e. The minimum absolute atomic E-state index is 0.0127. The summed E-state index contributed by atoms with van der Waals surface area (Å²) in [5.41, 5.74) is 0.827. The molecule has 1 saturated heterocycles. The van der Waals surface area contributed by atoms with Gasteiger partial charge in [0.25, 0.3) is 0 Å². The summed E-state index contributed by atoms with van der Waals surface area (Å²) < 4.78 is 12.2. The van der Waals surface area contributed by atoms with E-state index in [9.17, 15) is 9.59 Å². The van der Waals surface area contributed by atoms with Gasteiger partial charge in [-0.2, -0.15) is 5.10 Å². The van der Waals surface area contributed by atoms with Crippen LogP contribution in [0.15, 0.2) is 24.3 Å². The monoisotopic (exact) mass is 419 g/mol. The maximum atomic E-state index is 12.6. The van der Waals surface area contributed by atoms with Crippen LogP contribution < -0.4 is 10.1 Å². The van der Waals surface area contributed by atoms with E-state index in [1.165, 1.54) is 0 Å². The molecule has 2 heterocycles. The molecule has 0 saturated carbocycles. The summed E-state index contributed by atoms with van der Waals surface area (Å²) >= 11 is 5.30. The highest BCUT2D eigenvalue weighted by Crippen LogP contribution is 2.21. The second kappa shape index (κ2) is 9.55. The standard InChI is InChI=1S/C19H25N5O4S/c1-3-28-19(26)23-10-8-14(9-11-23)20-16(25)12-24-17(21-22-18(24)29)13-4-6-15(27-2)7-5-13/h4-7,14H,3,8-12H2,1-2H3,(H,20,25)(H,22,29). The summed E-state index contributed by atoms with van der Waals surface area (Å²) in [6.07, 6.45) is 1.07. The molecule has 0 bridgehead atoms. The number of piperidine rings is 1. The molecule has 156 valence electrons. The zero-order chi connectivity index (χ0) is 20.8. The van der Waals surface area contributed by atoms with Crippen LogP contribution >= 0.6 is 12.2 Å². The summed E-state index contributed by atoms with van der Waals surface area (Å²) in [5, 5.41) is 10.0. The van der Waals surface area contributed by atoms with Gasteiger partial charge in [-0.25, -0.2) is 4.79 Å². The fourth-order valence-electron chi connectivity index (χ4n) is 3.26. The van der Waals surface area contributed by atoms with Gasteiger partial charge < -0.3 is 19.7 Å². The number of carbonyl (C=O) groups excluding carboxylic acids is 2. The molecule has 1 aromatic heterocycles. The maximum absolute atomic E-state index is 12.6. The van der Waals surface area contributed by atoms with Gasteiger partial charge in [0.1, 0.15) is 12.3 Å². The molecular weight excluding hydrogens is 394 g/mol. The number of amides is 2. The van der Waals surface area contributed by atoms with Gasteiger partial charge >= 0.3 is 6.09 Å². The highest BCUT2D eigenvalue weighted by atomic mass is 32.1. The Hall–Kier alpha value is -2.88. The predicted molar refractivity (Wildman–Crippen MR) is 109 cm³/mol. The second-order valence-electron chi connectivity index (χ2n) is 6.69. The molecule has 10 heteroatoms. The summed E-state index contributed by atoms with van der Waals surface area (Å²) in [7, 11) is 1.60. The van der Waals surface area contributed by atoms with Gasteiger partial charge in [0.15, 0.2) is 10.6 Å². The van der Waals surface area contributed by atoms with E-state index in [1.807, 2.05) is 24.3 Å². The minimum Gasteiger partial charge on any atom is -0.497 e. The Bertz CT molecular complexity index is 900. The predicted octanol–water partition coefficient (Wildman–Crippen LogP) is 2.35. The molecule has 9 nitrogen and oxygen atoms in total. The van der Waals surface area contributed by atoms with Gasteiger partial charge in [0.2, 0.25) is 5.91 Å². The number of rotatable bonds is 6. The van der Waals surface area contributed by atoms with E-state index in [0.29, 0.717) is 43.1 Å². The molecule has 0 atom stereocenters. The summed E-state index contributed by atoms with van der Waals surface area (Å²) in [6, 6.07) is 7.40. The van der Waals surface area contributed by atoms with E-state index >= 15 is 0 Å². The number of ether oxygens (including phenoxy) is 2. The number of methoxy groups -OCH3 is 1. The van der Waals surface area contributed by atoms with Crippen LogP contribution in [0.1, 0.15) is 19.8 Å². The molecule has 2 N–H and O–H groups in total. The summed E-state index contributed by atoms with van der Waals surface area (Å²) in [4.78, 5) is 26.0. The Morgan fingerprint density at radius 2 is 1.97 bits per heavy atom. The van der Waals surface area contributed by atoms with Crippen molar-refractivity contribution >= 4 is 24.2 Å². The first-order valence-electron chi connectivity index (χ1n) is 9.52. The fraction of sp³-hybridized carbons (Fsp3) is 0.474. The van der Waals surface area contributed by atoms with Crippen molar-refractivity contribution < 1.29 is 19.1 Å².